The predicted molar refractivity (Wildman–Crippen MR) is 127 cm³/mol. The van der Waals surface area contributed by atoms with Crippen LogP contribution in [0.1, 0.15) is 73.6 Å². The molecular formula is C29H44O4. The molecule has 0 unspecified atom stereocenters. The van der Waals surface area contributed by atoms with Crippen LogP contribution >= 0.6 is 0 Å². The molecule has 0 radical (unpaired) electrons. The molecule has 184 valence electrons. The fourth-order valence-electron chi connectivity index (χ4n) is 10.4. The lowest BCUT2D eigenvalue weighted by molar-refractivity contribution is -0.198. The number of carbonyl (C=O) groups is 1. The summed E-state index contributed by atoms with van der Waals surface area (Å²) in [6, 6.07) is 0. The first-order valence-corrected chi connectivity index (χ1v) is 13.7. The van der Waals surface area contributed by atoms with E-state index < -0.39 is 23.2 Å². The molecule has 0 aromatic heterocycles. The van der Waals surface area contributed by atoms with Gasteiger partial charge in [0.05, 0.1) is 17.6 Å². The maximum absolute atomic E-state index is 13.3. The van der Waals surface area contributed by atoms with E-state index in [1.165, 1.54) is 19.3 Å². The molecule has 5 fully saturated rings. The Kier molecular flexibility index (Phi) is 4.79. The van der Waals surface area contributed by atoms with Crippen molar-refractivity contribution < 1.29 is 19.7 Å². The Labute approximate surface area is 199 Å². The molecule has 1 aliphatic heterocycles. The van der Waals surface area contributed by atoms with Crippen molar-refractivity contribution in [1.29, 1.82) is 0 Å². The standard InChI is InChI=1S/C29H44O4/c1-14(2)15(3)17-11-18(17)16(4)20-7-8-21-19-12-24(32)29-25(33-29)10-9-23(31)28(29,6)26(19)22(30)13-27(20,21)5/h9-10,14-22,24-26,30,32H,7-8,11-13H2,1-6H3/t15-,16-,17+,18-,19+,20-,21+,22-,24-,25+,26-,27-,28-,29+/m1/s1. The molecule has 0 amide bonds. The molecule has 14 atom stereocenters. The van der Waals surface area contributed by atoms with E-state index in [0.717, 1.165) is 30.1 Å². The summed E-state index contributed by atoms with van der Waals surface area (Å²) in [4.78, 5) is 13.3. The zero-order valence-electron chi connectivity index (χ0n) is 21.3. The first kappa shape index (κ1) is 22.7. The SMILES string of the molecule is CC(C)[C@@H](C)[C@@H]1C[C@@H]1[C@@H](C)[C@H]1CC[C@H]2[C@@H]3C[C@@H](O)[C@]45O[C@H]4C=CC(=O)[C@]5(C)[C@H]3[C@H](O)C[C@]12C. The van der Waals surface area contributed by atoms with Crippen LogP contribution in [-0.4, -0.2) is 39.9 Å². The second-order valence-corrected chi connectivity index (χ2v) is 13.8. The molecule has 6 rings (SSSR count). The lowest BCUT2D eigenvalue weighted by atomic mass is 9.43. The summed E-state index contributed by atoms with van der Waals surface area (Å²) in [7, 11) is 0. The van der Waals surface area contributed by atoms with Gasteiger partial charge in [-0.3, -0.25) is 4.79 Å². The van der Waals surface area contributed by atoms with Crippen LogP contribution in [0.25, 0.3) is 0 Å². The van der Waals surface area contributed by atoms with E-state index in [9.17, 15) is 15.0 Å². The number of ether oxygens (including phenoxy) is 1. The number of hydrogen-bond donors (Lipinski definition) is 2. The normalized spacial score (nSPS) is 58.2. The summed E-state index contributed by atoms with van der Waals surface area (Å²) in [5, 5.41) is 23.1. The molecule has 4 nitrogen and oxygen atoms in total. The van der Waals surface area contributed by atoms with Crippen LogP contribution in [-0.2, 0) is 9.53 Å². The number of fused-ring (bicyclic) bond motifs is 4. The van der Waals surface area contributed by atoms with E-state index in [2.05, 4.69) is 34.6 Å². The van der Waals surface area contributed by atoms with Gasteiger partial charge in [0.15, 0.2) is 5.78 Å². The number of ketones is 1. The van der Waals surface area contributed by atoms with Crippen LogP contribution in [0.5, 0.6) is 0 Å². The summed E-state index contributed by atoms with van der Waals surface area (Å²) < 4.78 is 6.07. The first-order chi connectivity index (χ1) is 15.5. The average molecular weight is 457 g/mol. The van der Waals surface area contributed by atoms with Gasteiger partial charge in [-0.05, 0) is 104 Å². The predicted octanol–water partition coefficient (Wildman–Crippen LogP) is 4.63. The van der Waals surface area contributed by atoms with E-state index in [-0.39, 0.29) is 29.1 Å². The maximum atomic E-state index is 13.3. The Morgan fingerprint density at radius 1 is 1.06 bits per heavy atom. The summed E-state index contributed by atoms with van der Waals surface area (Å²) in [6.07, 6.45) is 7.37. The zero-order chi connectivity index (χ0) is 23.7. The number of rotatable bonds is 4. The smallest absolute Gasteiger partial charge is 0.164 e. The summed E-state index contributed by atoms with van der Waals surface area (Å²) >= 11 is 0. The van der Waals surface area contributed by atoms with Gasteiger partial charge in [0, 0.05) is 5.92 Å². The number of allylic oxidation sites excluding steroid dienone is 1. The molecule has 1 heterocycles. The molecule has 1 spiro atoms. The van der Waals surface area contributed by atoms with Crippen LogP contribution in [0, 0.1) is 64.1 Å². The molecule has 0 aromatic rings. The van der Waals surface area contributed by atoms with Crippen LogP contribution in [0.4, 0.5) is 0 Å². The van der Waals surface area contributed by atoms with Gasteiger partial charge in [-0.2, -0.15) is 0 Å². The van der Waals surface area contributed by atoms with Crippen molar-refractivity contribution in [2.45, 2.75) is 97.6 Å². The third kappa shape index (κ3) is 2.67. The van der Waals surface area contributed by atoms with Crippen molar-refractivity contribution in [1.82, 2.24) is 0 Å². The second-order valence-electron chi connectivity index (χ2n) is 13.8. The minimum absolute atomic E-state index is 0.0408. The Hall–Kier alpha value is -0.710. The van der Waals surface area contributed by atoms with E-state index in [1.807, 2.05) is 13.0 Å². The van der Waals surface area contributed by atoms with E-state index >= 15 is 0 Å². The number of carbonyl (C=O) groups excluding carboxylic acids is 1. The van der Waals surface area contributed by atoms with Gasteiger partial charge in [0.2, 0.25) is 0 Å². The molecule has 5 aliphatic carbocycles. The average Bonchev–Trinajstić information content (AvgIpc) is 3.64. The Bertz CT molecular complexity index is 881. The fourth-order valence-corrected chi connectivity index (χ4v) is 10.4. The highest BCUT2D eigenvalue weighted by atomic mass is 16.6. The van der Waals surface area contributed by atoms with Gasteiger partial charge in [-0.1, -0.05) is 34.6 Å². The maximum Gasteiger partial charge on any atom is 0.164 e. The van der Waals surface area contributed by atoms with E-state index in [0.29, 0.717) is 24.2 Å². The van der Waals surface area contributed by atoms with Crippen LogP contribution in [0.2, 0.25) is 0 Å². The van der Waals surface area contributed by atoms with Crippen molar-refractivity contribution in [3.63, 3.8) is 0 Å². The van der Waals surface area contributed by atoms with Crippen molar-refractivity contribution >= 4 is 5.78 Å². The largest absolute Gasteiger partial charge is 0.393 e. The number of hydrogen-bond acceptors (Lipinski definition) is 4. The highest BCUT2D eigenvalue weighted by Gasteiger charge is 2.80. The third-order valence-corrected chi connectivity index (χ3v) is 12.5. The molecule has 4 heteroatoms. The summed E-state index contributed by atoms with van der Waals surface area (Å²) in [5.74, 6) is 5.08. The third-order valence-electron chi connectivity index (χ3n) is 12.5. The molecule has 0 bridgehead atoms. The molecule has 6 aliphatic rings. The van der Waals surface area contributed by atoms with Crippen molar-refractivity contribution in [2.24, 2.45) is 64.1 Å². The monoisotopic (exact) mass is 456 g/mol. The van der Waals surface area contributed by atoms with Crippen LogP contribution in [0.15, 0.2) is 12.2 Å². The molecular weight excluding hydrogens is 412 g/mol. The lowest BCUT2D eigenvalue weighted by Gasteiger charge is -2.61. The van der Waals surface area contributed by atoms with Gasteiger partial charge in [0.25, 0.3) is 0 Å². The molecule has 4 saturated carbocycles. The lowest BCUT2D eigenvalue weighted by Crippen LogP contribution is -2.68. The Morgan fingerprint density at radius 2 is 1.79 bits per heavy atom. The fraction of sp³-hybridized carbons (Fsp3) is 0.897. The number of aliphatic hydroxyl groups is 2. The van der Waals surface area contributed by atoms with Crippen molar-refractivity contribution in [2.75, 3.05) is 0 Å². The van der Waals surface area contributed by atoms with Gasteiger partial charge in [-0.15, -0.1) is 0 Å². The number of epoxide rings is 1. The van der Waals surface area contributed by atoms with Crippen molar-refractivity contribution in [3.8, 4) is 0 Å². The van der Waals surface area contributed by atoms with E-state index in [1.54, 1.807) is 6.08 Å². The number of aliphatic hydroxyl groups excluding tert-OH is 2. The summed E-state index contributed by atoms with van der Waals surface area (Å²) in [5.41, 5.74) is -1.55. The quantitative estimate of drug-likeness (QED) is 0.605. The van der Waals surface area contributed by atoms with Crippen molar-refractivity contribution in [3.05, 3.63) is 12.2 Å². The van der Waals surface area contributed by atoms with E-state index in [4.69, 9.17) is 4.74 Å². The molecule has 33 heavy (non-hydrogen) atoms. The second kappa shape index (κ2) is 6.95. The van der Waals surface area contributed by atoms with Gasteiger partial charge >= 0.3 is 0 Å². The Morgan fingerprint density at radius 3 is 2.48 bits per heavy atom. The van der Waals surface area contributed by atoms with Gasteiger partial charge in [0.1, 0.15) is 11.7 Å². The summed E-state index contributed by atoms with van der Waals surface area (Å²) in [6.45, 7) is 14.0. The molecule has 2 N–H and O–H groups in total. The highest BCUT2D eigenvalue weighted by molar-refractivity contribution is 5.98. The molecule has 1 saturated heterocycles. The van der Waals surface area contributed by atoms with Crippen LogP contribution < -0.4 is 0 Å². The zero-order valence-corrected chi connectivity index (χ0v) is 21.3. The topological polar surface area (TPSA) is 70.1 Å². The van der Waals surface area contributed by atoms with Gasteiger partial charge in [-0.25, -0.2) is 0 Å². The minimum atomic E-state index is -0.826. The highest BCUT2D eigenvalue weighted by Crippen LogP contribution is 2.72. The Balaban J connectivity index is 1.29. The first-order valence-electron chi connectivity index (χ1n) is 13.7. The minimum Gasteiger partial charge on any atom is -0.393 e. The van der Waals surface area contributed by atoms with Gasteiger partial charge < -0.3 is 14.9 Å². The molecule has 0 aromatic carbocycles. The van der Waals surface area contributed by atoms with Crippen LogP contribution in [0.3, 0.4) is 0 Å².